The molecule has 0 radical (unpaired) electrons. The Bertz CT molecular complexity index is 2580. The number of furan rings is 1. The summed E-state index contributed by atoms with van der Waals surface area (Å²) in [5, 5.41) is 4.80. The Hall–Kier alpha value is -6.06. The van der Waals surface area contributed by atoms with E-state index in [4.69, 9.17) is 4.42 Å². The predicted molar refractivity (Wildman–Crippen MR) is 209 cm³/mol. The standard InChI is InChI=1S/C47H36N2O/c1-2-10-32(9-1)33-17-19-34(20-18-33)35-21-23-36(24-22-35)48(39-29-30-43-42-13-5-8-16-46(42)50-47(43)31-39)37-25-27-38(28-26-37)49-44-14-6-3-11-40(44)41-12-4-7-15-45(41)49/h3-8,11-32H,1-2,9-10H2. The highest BCUT2D eigenvalue weighted by Crippen LogP contribution is 2.41. The normalized spacial score (nSPS) is 13.6. The monoisotopic (exact) mass is 644 g/mol. The molecule has 0 atom stereocenters. The van der Waals surface area contributed by atoms with Gasteiger partial charge in [0.2, 0.25) is 0 Å². The van der Waals surface area contributed by atoms with Crippen LogP contribution in [0.5, 0.6) is 0 Å². The van der Waals surface area contributed by atoms with Crippen LogP contribution in [-0.2, 0) is 0 Å². The minimum absolute atomic E-state index is 0.727. The van der Waals surface area contributed by atoms with Gasteiger partial charge in [-0.2, -0.15) is 0 Å². The molecule has 50 heavy (non-hydrogen) atoms. The zero-order valence-corrected chi connectivity index (χ0v) is 27.8. The second-order valence-electron chi connectivity index (χ2n) is 13.7. The fraction of sp³-hybridized carbons (Fsp3) is 0.106. The molecule has 10 rings (SSSR count). The van der Waals surface area contributed by atoms with Crippen LogP contribution in [0, 0.1) is 0 Å². The van der Waals surface area contributed by atoms with Gasteiger partial charge >= 0.3 is 0 Å². The third-order valence-corrected chi connectivity index (χ3v) is 10.8. The van der Waals surface area contributed by atoms with E-state index in [1.807, 2.05) is 12.1 Å². The molecule has 0 N–H and O–H groups in total. The van der Waals surface area contributed by atoms with E-state index >= 15 is 0 Å². The van der Waals surface area contributed by atoms with Crippen LogP contribution in [0.2, 0.25) is 0 Å². The summed E-state index contributed by atoms with van der Waals surface area (Å²) in [6, 6.07) is 59.4. The van der Waals surface area contributed by atoms with E-state index in [9.17, 15) is 0 Å². The molecule has 0 aliphatic heterocycles. The lowest BCUT2D eigenvalue weighted by Gasteiger charge is -2.26. The number of nitrogens with zero attached hydrogens (tertiary/aromatic N) is 2. The number of hydrogen-bond donors (Lipinski definition) is 0. The van der Waals surface area contributed by atoms with Crippen LogP contribution >= 0.6 is 0 Å². The van der Waals surface area contributed by atoms with Crippen LogP contribution < -0.4 is 4.90 Å². The average Bonchev–Trinajstić information content (AvgIpc) is 3.93. The zero-order valence-electron chi connectivity index (χ0n) is 27.8. The molecule has 3 heteroatoms. The number of benzene rings is 7. The quantitative estimate of drug-likeness (QED) is 0.180. The van der Waals surface area contributed by atoms with E-state index in [-0.39, 0.29) is 0 Å². The first-order valence-corrected chi connectivity index (χ1v) is 17.8. The van der Waals surface area contributed by atoms with Gasteiger partial charge in [-0.05, 0) is 102 Å². The van der Waals surface area contributed by atoms with Crippen molar-refractivity contribution in [3.8, 4) is 16.8 Å². The summed E-state index contributed by atoms with van der Waals surface area (Å²) in [6.45, 7) is 0. The Morgan fingerprint density at radius 1 is 0.460 bits per heavy atom. The summed E-state index contributed by atoms with van der Waals surface area (Å²) in [5.41, 5.74) is 12.5. The third kappa shape index (κ3) is 4.81. The molecule has 0 saturated heterocycles. The maximum absolute atomic E-state index is 6.36. The largest absolute Gasteiger partial charge is 0.456 e. The fourth-order valence-corrected chi connectivity index (χ4v) is 8.26. The van der Waals surface area contributed by atoms with Crippen molar-refractivity contribution in [2.75, 3.05) is 4.90 Å². The molecule has 1 aliphatic rings. The minimum Gasteiger partial charge on any atom is -0.456 e. The van der Waals surface area contributed by atoms with Gasteiger partial charge in [0.1, 0.15) is 11.2 Å². The minimum atomic E-state index is 0.727. The van der Waals surface area contributed by atoms with Crippen LogP contribution in [0.15, 0.2) is 168 Å². The number of rotatable bonds is 6. The Labute approximate surface area is 291 Å². The Morgan fingerprint density at radius 2 is 0.980 bits per heavy atom. The van der Waals surface area contributed by atoms with Gasteiger partial charge < -0.3 is 13.9 Å². The molecule has 2 aromatic heterocycles. The van der Waals surface area contributed by atoms with Gasteiger partial charge in [-0.25, -0.2) is 0 Å². The second kappa shape index (κ2) is 11.8. The molecule has 0 amide bonds. The van der Waals surface area contributed by atoms with Crippen molar-refractivity contribution in [3.05, 3.63) is 169 Å². The van der Waals surface area contributed by atoms with Crippen LogP contribution in [0.4, 0.5) is 17.1 Å². The first kappa shape index (κ1) is 28.9. The summed E-state index contributed by atoms with van der Waals surface area (Å²) in [5.74, 6) is 0.727. The summed E-state index contributed by atoms with van der Waals surface area (Å²) in [4.78, 5) is 2.33. The molecular weight excluding hydrogens is 609 g/mol. The topological polar surface area (TPSA) is 21.3 Å². The maximum atomic E-state index is 6.36. The molecule has 2 heterocycles. The Kier molecular flexibility index (Phi) is 6.83. The molecule has 7 aromatic carbocycles. The number of fused-ring (bicyclic) bond motifs is 6. The van der Waals surface area contributed by atoms with Crippen molar-refractivity contribution in [1.82, 2.24) is 4.57 Å². The third-order valence-electron chi connectivity index (χ3n) is 10.8. The molecule has 1 fully saturated rings. The van der Waals surface area contributed by atoms with Gasteiger partial charge in [-0.3, -0.25) is 0 Å². The van der Waals surface area contributed by atoms with E-state index < -0.39 is 0 Å². The molecule has 240 valence electrons. The number of anilines is 3. The molecular formula is C47H36N2O. The molecule has 0 spiro atoms. The Balaban J connectivity index is 1.06. The summed E-state index contributed by atoms with van der Waals surface area (Å²) in [7, 11) is 0. The van der Waals surface area contributed by atoms with Crippen molar-refractivity contribution in [2.45, 2.75) is 31.6 Å². The fourth-order valence-electron chi connectivity index (χ4n) is 8.26. The lowest BCUT2D eigenvalue weighted by Crippen LogP contribution is -2.10. The summed E-state index contributed by atoms with van der Waals surface area (Å²) in [6.07, 6.45) is 5.36. The Morgan fingerprint density at radius 3 is 1.64 bits per heavy atom. The van der Waals surface area contributed by atoms with E-state index in [1.54, 1.807) is 0 Å². The number of para-hydroxylation sites is 3. The van der Waals surface area contributed by atoms with Gasteiger partial charge in [-0.1, -0.05) is 104 Å². The van der Waals surface area contributed by atoms with Crippen molar-refractivity contribution >= 4 is 60.8 Å². The lowest BCUT2D eigenvalue weighted by atomic mass is 9.95. The average molecular weight is 645 g/mol. The van der Waals surface area contributed by atoms with E-state index in [2.05, 4.69) is 161 Å². The second-order valence-corrected chi connectivity index (χ2v) is 13.7. The van der Waals surface area contributed by atoms with Crippen LogP contribution in [-0.4, -0.2) is 4.57 Å². The highest BCUT2D eigenvalue weighted by Gasteiger charge is 2.19. The van der Waals surface area contributed by atoms with Gasteiger partial charge in [0.25, 0.3) is 0 Å². The van der Waals surface area contributed by atoms with Crippen LogP contribution in [0.3, 0.4) is 0 Å². The first-order valence-electron chi connectivity index (χ1n) is 17.8. The lowest BCUT2D eigenvalue weighted by molar-refractivity contribution is 0.669. The molecule has 1 aliphatic carbocycles. The molecule has 9 aromatic rings. The highest BCUT2D eigenvalue weighted by atomic mass is 16.3. The maximum Gasteiger partial charge on any atom is 0.137 e. The van der Waals surface area contributed by atoms with Crippen molar-refractivity contribution in [2.24, 2.45) is 0 Å². The number of aromatic nitrogens is 1. The van der Waals surface area contributed by atoms with Gasteiger partial charge in [0.15, 0.2) is 0 Å². The van der Waals surface area contributed by atoms with Crippen molar-refractivity contribution < 1.29 is 4.42 Å². The first-order chi connectivity index (χ1) is 24.8. The summed E-state index contributed by atoms with van der Waals surface area (Å²) < 4.78 is 8.73. The van der Waals surface area contributed by atoms with Crippen molar-refractivity contribution in [1.29, 1.82) is 0 Å². The predicted octanol–water partition coefficient (Wildman–Crippen LogP) is 13.5. The molecule has 0 bridgehead atoms. The molecule has 0 unspecified atom stereocenters. The number of hydrogen-bond acceptors (Lipinski definition) is 2. The smallest absolute Gasteiger partial charge is 0.137 e. The van der Waals surface area contributed by atoms with Gasteiger partial charge in [0.05, 0.1) is 11.0 Å². The SMILES string of the molecule is c1ccc2c(c1)oc1cc(N(c3ccc(-c4ccc(C5CCCC5)cc4)cc3)c3ccc(-n4c5ccccc5c5ccccc54)cc3)ccc12. The summed E-state index contributed by atoms with van der Waals surface area (Å²) >= 11 is 0. The van der Waals surface area contributed by atoms with E-state index in [0.717, 1.165) is 50.6 Å². The van der Waals surface area contributed by atoms with E-state index in [0.29, 0.717) is 0 Å². The van der Waals surface area contributed by atoms with Gasteiger partial charge in [-0.15, -0.1) is 0 Å². The van der Waals surface area contributed by atoms with Crippen LogP contribution in [0.1, 0.15) is 37.2 Å². The van der Waals surface area contributed by atoms with E-state index in [1.165, 1.54) is 64.2 Å². The van der Waals surface area contributed by atoms with Crippen molar-refractivity contribution in [3.63, 3.8) is 0 Å². The van der Waals surface area contributed by atoms with Gasteiger partial charge in [0, 0.05) is 50.4 Å². The highest BCUT2D eigenvalue weighted by molar-refractivity contribution is 6.09. The molecule has 1 saturated carbocycles. The zero-order chi connectivity index (χ0) is 33.0. The van der Waals surface area contributed by atoms with Crippen LogP contribution in [0.25, 0.3) is 60.6 Å². The molecule has 3 nitrogen and oxygen atoms in total.